The minimum absolute atomic E-state index is 0.0119. The minimum Gasteiger partial charge on any atom is -0.481 e. The quantitative estimate of drug-likeness (QED) is 0.770. The Morgan fingerprint density at radius 2 is 2.21 bits per heavy atom. The zero-order chi connectivity index (χ0) is 10.7. The summed E-state index contributed by atoms with van der Waals surface area (Å²) in [5, 5.41) is 0. The van der Waals surface area contributed by atoms with E-state index in [1.807, 2.05) is 0 Å². The first kappa shape index (κ1) is 10.6. The Hall–Kier alpha value is -1.43. The number of nitrogens with two attached hydrogens (primary N) is 2. The van der Waals surface area contributed by atoms with Crippen LogP contribution in [0.15, 0.2) is 6.07 Å². The van der Waals surface area contributed by atoms with Crippen LogP contribution in [0.1, 0.15) is 17.6 Å². The van der Waals surface area contributed by atoms with Crippen LogP contribution < -0.4 is 16.2 Å². The zero-order valence-electron chi connectivity index (χ0n) is 7.63. The van der Waals surface area contributed by atoms with E-state index in [1.165, 1.54) is 7.11 Å². The summed E-state index contributed by atoms with van der Waals surface area (Å²) < 4.78 is 29.8. The molecule has 14 heavy (non-hydrogen) atoms. The summed E-state index contributed by atoms with van der Waals surface area (Å²) in [5.41, 5.74) is 10.7. The van der Waals surface area contributed by atoms with Crippen molar-refractivity contribution in [1.82, 2.24) is 4.98 Å². The first-order valence-electron chi connectivity index (χ1n) is 3.91. The molecule has 1 heterocycles. The monoisotopic (exact) mass is 203 g/mol. The molecule has 0 radical (unpaired) electrons. The third kappa shape index (κ3) is 1.90. The predicted octanol–water partition coefficient (Wildman–Crippen LogP) is 1.07. The number of anilines is 1. The van der Waals surface area contributed by atoms with Crippen molar-refractivity contribution in [3.05, 3.63) is 17.2 Å². The molecule has 0 aliphatic carbocycles. The van der Waals surface area contributed by atoms with E-state index >= 15 is 0 Å². The van der Waals surface area contributed by atoms with Crippen LogP contribution in [0.5, 0.6) is 5.88 Å². The van der Waals surface area contributed by atoms with Crippen LogP contribution in [0, 0.1) is 0 Å². The average Bonchev–Trinajstić information content (AvgIpc) is 2.16. The second kappa shape index (κ2) is 4.19. The van der Waals surface area contributed by atoms with Crippen molar-refractivity contribution < 1.29 is 13.5 Å². The Balaban J connectivity index is 3.28. The first-order chi connectivity index (χ1) is 6.60. The molecule has 0 unspecified atom stereocenters. The third-order valence-corrected chi connectivity index (χ3v) is 1.82. The summed E-state index contributed by atoms with van der Waals surface area (Å²) in [7, 11) is 1.33. The van der Waals surface area contributed by atoms with Crippen molar-refractivity contribution in [3.63, 3.8) is 0 Å². The number of hydrogen-bond donors (Lipinski definition) is 2. The van der Waals surface area contributed by atoms with Gasteiger partial charge in [0.15, 0.2) is 0 Å². The summed E-state index contributed by atoms with van der Waals surface area (Å²) in [6.07, 6.45) is -2.63. The summed E-state index contributed by atoms with van der Waals surface area (Å²) in [6, 6.07) is 1.14. The van der Waals surface area contributed by atoms with Gasteiger partial charge in [-0.25, -0.2) is 8.78 Å². The van der Waals surface area contributed by atoms with Crippen molar-refractivity contribution in [1.29, 1.82) is 0 Å². The predicted molar refractivity (Wildman–Crippen MR) is 48.0 cm³/mol. The van der Waals surface area contributed by atoms with Gasteiger partial charge in [-0.05, 0) is 0 Å². The maximum absolute atomic E-state index is 12.5. The topological polar surface area (TPSA) is 74.2 Å². The zero-order valence-corrected chi connectivity index (χ0v) is 7.63. The van der Waals surface area contributed by atoms with E-state index in [0.29, 0.717) is 0 Å². The molecular weight excluding hydrogens is 192 g/mol. The smallest absolute Gasteiger partial charge is 0.264 e. The molecule has 0 atom stereocenters. The van der Waals surface area contributed by atoms with Crippen LogP contribution in [-0.4, -0.2) is 12.1 Å². The highest BCUT2D eigenvalue weighted by Crippen LogP contribution is 2.28. The standard InChI is InChI=1S/C8H11F2N3O/c1-14-6-2-4(7(9)10)5(3-11)8(12)13-6/h2,7H,3,11H2,1H3,(H2,12,13). The van der Waals surface area contributed by atoms with E-state index in [9.17, 15) is 8.78 Å². The van der Waals surface area contributed by atoms with Crippen LogP contribution in [0.4, 0.5) is 14.6 Å². The first-order valence-corrected chi connectivity index (χ1v) is 3.91. The number of nitrogens with zero attached hydrogens (tertiary/aromatic N) is 1. The van der Waals surface area contributed by atoms with Gasteiger partial charge < -0.3 is 16.2 Å². The Morgan fingerprint density at radius 1 is 1.57 bits per heavy atom. The van der Waals surface area contributed by atoms with Gasteiger partial charge >= 0.3 is 0 Å². The van der Waals surface area contributed by atoms with E-state index < -0.39 is 6.43 Å². The number of rotatable bonds is 3. The van der Waals surface area contributed by atoms with Gasteiger partial charge in [-0.1, -0.05) is 0 Å². The van der Waals surface area contributed by atoms with Crippen LogP contribution >= 0.6 is 0 Å². The summed E-state index contributed by atoms with van der Waals surface area (Å²) in [5.74, 6) is 0.0529. The molecule has 0 spiro atoms. The molecule has 0 bridgehead atoms. The number of halogens is 2. The minimum atomic E-state index is -2.63. The van der Waals surface area contributed by atoms with Gasteiger partial charge in [0.1, 0.15) is 5.82 Å². The van der Waals surface area contributed by atoms with Crippen LogP contribution in [0.2, 0.25) is 0 Å². The van der Waals surface area contributed by atoms with Gasteiger partial charge in [-0.3, -0.25) is 0 Å². The normalized spacial score (nSPS) is 10.6. The fourth-order valence-corrected chi connectivity index (χ4v) is 1.11. The van der Waals surface area contributed by atoms with Gasteiger partial charge in [0, 0.05) is 23.7 Å². The van der Waals surface area contributed by atoms with E-state index in [2.05, 4.69) is 4.98 Å². The number of pyridine rings is 1. The lowest BCUT2D eigenvalue weighted by atomic mass is 10.1. The molecule has 1 aromatic rings. The van der Waals surface area contributed by atoms with Gasteiger partial charge in [0.2, 0.25) is 5.88 Å². The summed E-state index contributed by atoms with van der Waals surface area (Å²) >= 11 is 0. The van der Waals surface area contributed by atoms with Crippen LogP contribution in [0.25, 0.3) is 0 Å². The van der Waals surface area contributed by atoms with Gasteiger partial charge in [0.05, 0.1) is 7.11 Å². The third-order valence-electron chi connectivity index (χ3n) is 1.82. The number of alkyl halides is 2. The highest BCUT2D eigenvalue weighted by atomic mass is 19.3. The fourth-order valence-electron chi connectivity index (χ4n) is 1.11. The molecule has 6 heteroatoms. The van der Waals surface area contributed by atoms with E-state index in [4.69, 9.17) is 16.2 Å². The second-order valence-electron chi connectivity index (χ2n) is 2.62. The maximum atomic E-state index is 12.5. The summed E-state index contributed by atoms with van der Waals surface area (Å²) in [4.78, 5) is 3.75. The molecule has 0 amide bonds. The molecule has 0 aliphatic rings. The molecule has 0 saturated heterocycles. The molecule has 1 aromatic heterocycles. The Bertz CT molecular complexity index is 331. The Labute approximate surface area is 79.9 Å². The van der Waals surface area contributed by atoms with Crippen molar-refractivity contribution in [2.75, 3.05) is 12.8 Å². The molecule has 0 aromatic carbocycles. The lowest BCUT2D eigenvalue weighted by Gasteiger charge is -2.10. The lowest BCUT2D eigenvalue weighted by Crippen LogP contribution is -2.09. The molecule has 0 fully saturated rings. The fraction of sp³-hybridized carbons (Fsp3) is 0.375. The van der Waals surface area contributed by atoms with Crippen molar-refractivity contribution in [3.8, 4) is 5.88 Å². The van der Waals surface area contributed by atoms with Gasteiger partial charge in [0.25, 0.3) is 6.43 Å². The molecule has 4 N–H and O–H groups in total. The summed E-state index contributed by atoms with van der Waals surface area (Å²) in [6.45, 7) is -0.0670. The number of nitrogen functional groups attached to an aromatic ring is 1. The van der Waals surface area contributed by atoms with Crippen molar-refractivity contribution >= 4 is 5.82 Å². The van der Waals surface area contributed by atoms with E-state index in [-0.39, 0.29) is 29.4 Å². The number of aromatic nitrogens is 1. The van der Waals surface area contributed by atoms with Crippen molar-refractivity contribution in [2.24, 2.45) is 5.73 Å². The van der Waals surface area contributed by atoms with Crippen LogP contribution in [-0.2, 0) is 6.54 Å². The van der Waals surface area contributed by atoms with E-state index in [1.54, 1.807) is 0 Å². The lowest BCUT2D eigenvalue weighted by molar-refractivity contribution is 0.149. The molecule has 0 saturated carbocycles. The number of ether oxygens (including phenoxy) is 1. The molecule has 4 nitrogen and oxygen atoms in total. The number of hydrogen-bond acceptors (Lipinski definition) is 4. The van der Waals surface area contributed by atoms with E-state index in [0.717, 1.165) is 6.07 Å². The van der Waals surface area contributed by atoms with Crippen LogP contribution in [0.3, 0.4) is 0 Å². The maximum Gasteiger partial charge on any atom is 0.264 e. The average molecular weight is 203 g/mol. The number of methoxy groups -OCH3 is 1. The van der Waals surface area contributed by atoms with Gasteiger partial charge in [-0.2, -0.15) is 4.98 Å². The van der Waals surface area contributed by atoms with Crippen molar-refractivity contribution in [2.45, 2.75) is 13.0 Å². The molecule has 1 rings (SSSR count). The SMILES string of the molecule is COc1cc(C(F)F)c(CN)c(N)n1. The second-order valence-corrected chi connectivity index (χ2v) is 2.62. The molecule has 0 aliphatic heterocycles. The highest BCUT2D eigenvalue weighted by Gasteiger charge is 2.17. The van der Waals surface area contributed by atoms with Gasteiger partial charge in [-0.15, -0.1) is 0 Å². The Morgan fingerprint density at radius 3 is 2.64 bits per heavy atom. The molecular formula is C8H11F2N3O. The highest BCUT2D eigenvalue weighted by molar-refractivity contribution is 5.48. The largest absolute Gasteiger partial charge is 0.481 e. The Kier molecular flexibility index (Phi) is 3.19. The molecule has 78 valence electrons.